The lowest BCUT2D eigenvalue weighted by atomic mass is 10.2. The Bertz CT molecular complexity index is 968. The van der Waals surface area contributed by atoms with Crippen LogP contribution in [-0.4, -0.2) is 50.2 Å². The number of nitrogens with zero attached hydrogens (tertiary/aromatic N) is 2. The summed E-state index contributed by atoms with van der Waals surface area (Å²) in [5.41, 5.74) is 0.834. The molecule has 25 heavy (non-hydrogen) atoms. The number of aromatic nitrogens is 1. The van der Waals surface area contributed by atoms with E-state index in [1.165, 1.54) is 21.0 Å². The highest BCUT2D eigenvalue weighted by Gasteiger charge is 2.38. The number of benzene rings is 1. The van der Waals surface area contributed by atoms with Crippen molar-refractivity contribution >= 4 is 47.1 Å². The van der Waals surface area contributed by atoms with Crippen LogP contribution >= 0.6 is 27.3 Å². The van der Waals surface area contributed by atoms with Crippen LogP contribution in [0.15, 0.2) is 39.1 Å². The maximum atomic E-state index is 12.9. The molecule has 3 rings (SSSR count). The van der Waals surface area contributed by atoms with E-state index in [0.29, 0.717) is 11.4 Å². The van der Waals surface area contributed by atoms with Gasteiger partial charge in [0.15, 0.2) is 14.9 Å². The Morgan fingerprint density at radius 2 is 2.00 bits per heavy atom. The molecule has 6 nitrogen and oxygen atoms in total. The van der Waals surface area contributed by atoms with E-state index < -0.39 is 25.9 Å². The first-order valence-electron chi connectivity index (χ1n) is 7.66. The maximum Gasteiger partial charge on any atom is 0.261 e. The molecule has 0 radical (unpaired) electrons. The van der Waals surface area contributed by atoms with Crippen molar-refractivity contribution in [3.05, 3.63) is 34.1 Å². The van der Waals surface area contributed by atoms with E-state index in [-0.39, 0.29) is 23.1 Å². The predicted molar refractivity (Wildman–Crippen MR) is 102 cm³/mol. The Morgan fingerprint density at radius 3 is 2.56 bits per heavy atom. The molecular weight excluding hydrogens is 448 g/mol. The van der Waals surface area contributed by atoms with Crippen molar-refractivity contribution in [1.29, 1.82) is 0 Å². The second-order valence-corrected chi connectivity index (χ2v) is 11.6. The van der Waals surface area contributed by atoms with E-state index in [9.17, 15) is 16.8 Å². The summed E-state index contributed by atoms with van der Waals surface area (Å²) in [6.45, 7) is 1.93. The van der Waals surface area contributed by atoms with Gasteiger partial charge in [-0.3, -0.25) is 0 Å². The molecule has 10 heteroatoms. The van der Waals surface area contributed by atoms with Crippen molar-refractivity contribution < 1.29 is 16.8 Å². The van der Waals surface area contributed by atoms with Crippen LogP contribution in [0.3, 0.4) is 0 Å². The number of rotatable bonds is 5. The Hall–Kier alpha value is -0.810. The van der Waals surface area contributed by atoms with Crippen LogP contribution in [0.1, 0.15) is 13.3 Å². The number of hydrogen-bond donors (Lipinski definition) is 0. The van der Waals surface area contributed by atoms with Crippen molar-refractivity contribution in [2.24, 2.45) is 0 Å². The van der Waals surface area contributed by atoms with Crippen molar-refractivity contribution in [2.75, 3.05) is 18.1 Å². The van der Waals surface area contributed by atoms with Gasteiger partial charge in [0.05, 0.1) is 11.5 Å². The third-order valence-corrected chi connectivity index (χ3v) is 9.31. The van der Waals surface area contributed by atoms with Crippen molar-refractivity contribution in [1.82, 2.24) is 9.29 Å². The number of halogens is 1. The zero-order valence-corrected chi connectivity index (χ0v) is 17.5. The minimum Gasteiger partial charge on any atom is -0.229 e. The molecule has 0 aliphatic carbocycles. The van der Waals surface area contributed by atoms with Gasteiger partial charge in [-0.1, -0.05) is 35.0 Å². The second-order valence-electron chi connectivity index (χ2n) is 5.76. The lowest BCUT2D eigenvalue weighted by Gasteiger charge is -2.24. The lowest BCUT2D eigenvalue weighted by Crippen LogP contribution is -2.41. The molecule has 1 fully saturated rings. The van der Waals surface area contributed by atoms with E-state index in [1.54, 1.807) is 6.92 Å². The molecule has 1 saturated heterocycles. The average molecular weight is 465 g/mol. The van der Waals surface area contributed by atoms with Crippen LogP contribution in [0.2, 0.25) is 0 Å². The molecule has 0 bridgehead atoms. The third kappa shape index (κ3) is 3.97. The van der Waals surface area contributed by atoms with Crippen molar-refractivity contribution in [3.63, 3.8) is 0 Å². The van der Waals surface area contributed by atoms with E-state index in [1.807, 2.05) is 24.3 Å². The predicted octanol–water partition coefficient (Wildman–Crippen LogP) is 2.77. The molecular formula is C15H17BrN2O4S3. The quantitative estimate of drug-likeness (QED) is 0.678. The summed E-state index contributed by atoms with van der Waals surface area (Å²) in [7, 11) is -6.98. The fraction of sp³-hybridized carbons (Fsp3) is 0.400. The van der Waals surface area contributed by atoms with Gasteiger partial charge >= 0.3 is 0 Å². The second kappa shape index (κ2) is 7.07. The van der Waals surface area contributed by atoms with Crippen LogP contribution in [0, 0.1) is 0 Å². The first-order valence-corrected chi connectivity index (χ1v) is 12.6. The maximum absolute atomic E-state index is 12.9. The van der Waals surface area contributed by atoms with Crippen LogP contribution in [0.25, 0.3) is 10.6 Å². The Labute approximate surface area is 160 Å². The molecule has 0 amide bonds. The highest BCUT2D eigenvalue weighted by Crippen LogP contribution is 2.30. The molecule has 1 aliphatic heterocycles. The van der Waals surface area contributed by atoms with E-state index in [4.69, 9.17) is 0 Å². The van der Waals surface area contributed by atoms with Gasteiger partial charge in [-0.05, 0) is 18.6 Å². The first-order chi connectivity index (χ1) is 11.7. The molecule has 136 valence electrons. The Balaban J connectivity index is 1.90. The van der Waals surface area contributed by atoms with Crippen LogP contribution in [-0.2, 0) is 19.9 Å². The fourth-order valence-corrected chi connectivity index (χ4v) is 7.68. The molecule has 1 aliphatic rings. The Kier molecular flexibility index (Phi) is 5.36. The van der Waals surface area contributed by atoms with Gasteiger partial charge in [0, 0.05) is 28.0 Å². The summed E-state index contributed by atoms with van der Waals surface area (Å²) in [5.74, 6) is -0.0886. The lowest BCUT2D eigenvalue weighted by molar-refractivity contribution is 0.353. The molecule has 0 N–H and O–H groups in total. The smallest absolute Gasteiger partial charge is 0.229 e. The number of sulfonamides is 1. The number of sulfone groups is 1. The van der Waals surface area contributed by atoms with Gasteiger partial charge in [-0.15, -0.1) is 11.3 Å². The van der Waals surface area contributed by atoms with Gasteiger partial charge in [0.2, 0.25) is 0 Å². The third-order valence-electron chi connectivity index (χ3n) is 4.07. The molecule has 1 aromatic heterocycles. The summed E-state index contributed by atoms with van der Waals surface area (Å²) in [6, 6.07) is 6.94. The van der Waals surface area contributed by atoms with E-state index >= 15 is 0 Å². The minimum atomic E-state index is -3.82. The molecule has 0 spiro atoms. The van der Waals surface area contributed by atoms with E-state index in [2.05, 4.69) is 20.9 Å². The SMILES string of the molecule is CCN(C1CCS(=O)(=O)C1)S(=O)(=O)c1csc(-c2ccc(Br)cc2)n1. The van der Waals surface area contributed by atoms with Crippen LogP contribution < -0.4 is 0 Å². The summed E-state index contributed by atoms with van der Waals surface area (Å²) >= 11 is 4.62. The molecule has 1 unspecified atom stereocenters. The monoisotopic (exact) mass is 464 g/mol. The summed E-state index contributed by atoms with van der Waals surface area (Å²) < 4.78 is 51.5. The summed E-state index contributed by atoms with van der Waals surface area (Å²) in [6.07, 6.45) is 0.332. The van der Waals surface area contributed by atoms with Gasteiger partial charge < -0.3 is 0 Å². The van der Waals surface area contributed by atoms with Gasteiger partial charge in [0.1, 0.15) is 5.01 Å². The normalized spacial score (nSPS) is 20.2. The minimum absolute atomic E-state index is 0.0263. The topological polar surface area (TPSA) is 84.4 Å². The molecule has 0 saturated carbocycles. The van der Waals surface area contributed by atoms with Gasteiger partial charge in [-0.25, -0.2) is 21.8 Å². The first kappa shape index (κ1) is 19.0. The molecule has 1 aromatic carbocycles. The number of thiazole rings is 1. The molecule has 2 heterocycles. The number of hydrogen-bond acceptors (Lipinski definition) is 6. The zero-order valence-electron chi connectivity index (χ0n) is 13.4. The van der Waals surface area contributed by atoms with Crippen molar-refractivity contribution in [3.8, 4) is 10.6 Å². The zero-order chi connectivity index (χ0) is 18.2. The van der Waals surface area contributed by atoms with Crippen molar-refractivity contribution in [2.45, 2.75) is 24.4 Å². The summed E-state index contributed by atoms with van der Waals surface area (Å²) in [5, 5.41) is 2.10. The fourth-order valence-electron chi connectivity index (χ4n) is 2.85. The van der Waals surface area contributed by atoms with Crippen LogP contribution in [0.5, 0.6) is 0 Å². The Morgan fingerprint density at radius 1 is 1.32 bits per heavy atom. The molecule has 1 atom stereocenters. The van der Waals surface area contributed by atoms with Crippen LogP contribution in [0.4, 0.5) is 0 Å². The summed E-state index contributed by atoms with van der Waals surface area (Å²) in [4.78, 5) is 4.28. The average Bonchev–Trinajstić information content (AvgIpc) is 3.16. The highest BCUT2D eigenvalue weighted by molar-refractivity contribution is 9.10. The van der Waals surface area contributed by atoms with Gasteiger partial charge in [0.25, 0.3) is 10.0 Å². The standard InChI is InChI=1S/C15H17BrN2O4S3/c1-2-18(13-7-8-24(19,20)10-13)25(21,22)14-9-23-15(17-14)11-3-5-12(16)6-4-11/h3-6,9,13H,2,7-8,10H2,1H3. The largest absolute Gasteiger partial charge is 0.261 e. The van der Waals surface area contributed by atoms with Gasteiger partial charge in [-0.2, -0.15) is 4.31 Å². The highest BCUT2D eigenvalue weighted by atomic mass is 79.9. The molecule has 2 aromatic rings. The van der Waals surface area contributed by atoms with E-state index in [0.717, 1.165) is 10.0 Å².